The molecule has 0 radical (unpaired) electrons. The van der Waals surface area contributed by atoms with Crippen molar-refractivity contribution in [3.05, 3.63) is 60.8 Å². The largest absolute Gasteiger partial charge is 0.506 e. The summed E-state index contributed by atoms with van der Waals surface area (Å²) in [4.78, 5) is 17.0. The molecule has 2 N–H and O–H groups in total. The van der Waals surface area contributed by atoms with Crippen molar-refractivity contribution < 1.29 is 9.90 Å². The van der Waals surface area contributed by atoms with E-state index in [0.717, 1.165) is 33.1 Å². The maximum Gasteiger partial charge on any atom is 0.256 e. The van der Waals surface area contributed by atoms with Crippen LogP contribution in [0.2, 0.25) is 0 Å². The van der Waals surface area contributed by atoms with Crippen LogP contribution in [0.5, 0.6) is 5.75 Å². The van der Waals surface area contributed by atoms with Crippen molar-refractivity contribution in [2.45, 2.75) is 6.92 Å². The van der Waals surface area contributed by atoms with Crippen molar-refractivity contribution in [1.82, 2.24) is 4.98 Å². The zero-order chi connectivity index (χ0) is 18.4. The van der Waals surface area contributed by atoms with E-state index in [0.29, 0.717) is 14.5 Å². The van der Waals surface area contributed by atoms with E-state index in [1.165, 1.54) is 0 Å². The summed E-state index contributed by atoms with van der Waals surface area (Å²) in [7, 11) is 0. The van der Waals surface area contributed by atoms with Crippen molar-refractivity contribution in [2.24, 2.45) is 0 Å². The van der Waals surface area contributed by atoms with Crippen LogP contribution in [-0.4, -0.2) is 16.0 Å². The maximum atomic E-state index is 12.5. The Bertz CT molecular complexity index is 1070. The van der Waals surface area contributed by atoms with E-state index in [2.05, 4.69) is 42.2 Å². The number of halogens is 2. The van der Waals surface area contributed by atoms with Gasteiger partial charge in [-0.25, -0.2) is 4.98 Å². The van der Waals surface area contributed by atoms with Gasteiger partial charge in [0.2, 0.25) is 0 Å². The molecule has 130 valence electrons. The summed E-state index contributed by atoms with van der Waals surface area (Å²) in [5, 5.41) is 15.8. The first kappa shape index (κ1) is 17.5. The molecule has 2 aromatic carbocycles. The van der Waals surface area contributed by atoms with E-state index >= 15 is 0 Å². The van der Waals surface area contributed by atoms with Gasteiger partial charge in [-0.1, -0.05) is 6.07 Å². The first-order valence-corrected chi connectivity index (χ1v) is 10.2. The number of thiazole rings is 1. The lowest BCUT2D eigenvalue weighted by atomic mass is 10.0. The van der Waals surface area contributed by atoms with Gasteiger partial charge in [-0.2, -0.15) is 0 Å². The monoisotopic (exact) mass is 490 g/mol. The topological polar surface area (TPSA) is 62.2 Å². The molecule has 0 spiro atoms. The molecule has 1 aromatic heterocycles. The molecule has 4 rings (SSSR count). The summed E-state index contributed by atoms with van der Waals surface area (Å²) in [5.74, 6) is -0.0171. The average molecular weight is 492 g/mol. The van der Waals surface area contributed by atoms with Gasteiger partial charge in [0.15, 0.2) is 0 Å². The molecule has 7 heteroatoms. The summed E-state index contributed by atoms with van der Waals surface area (Å²) in [6.45, 7) is 1.97. The van der Waals surface area contributed by atoms with Crippen LogP contribution in [0, 0.1) is 6.92 Å². The summed E-state index contributed by atoms with van der Waals surface area (Å²) in [6, 6.07) is 9.39. The Kier molecular flexibility index (Phi) is 4.46. The average Bonchev–Trinajstić information content (AvgIpc) is 3.16. The highest BCUT2D eigenvalue weighted by Gasteiger charge is 2.25. The Hall–Kier alpha value is -1.96. The third-order valence-corrected chi connectivity index (χ3v) is 6.05. The molecule has 0 saturated heterocycles. The van der Waals surface area contributed by atoms with Crippen LogP contribution in [0.25, 0.3) is 22.9 Å². The van der Waals surface area contributed by atoms with Gasteiger partial charge in [-0.15, -0.1) is 11.3 Å². The maximum absolute atomic E-state index is 12.5. The lowest BCUT2D eigenvalue weighted by Gasteiger charge is -2.05. The van der Waals surface area contributed by atoms with Crippen LogP contribution in [0.1, 0.15) is 16.1 Å². The van der Waals surface area contributed by atoms with E-state index in [9.17, 15) is 9.90 Å². The van der Waals surface area contributed by atoms with Gasteiger partial charge in [-0.3, -0.25) is 4.79 Å². The molecule has 0 atom stereocenters. The minimum Gasteiger partial charge on any atom is -0.506 e. The number of benzene rings is 2. The van der Waals surface area contributed by atoms with Crippen LogP contribution in [0.15, 0.2) is 44.7 Å². The number of aromatic hydroxyl groups is 1. The number of amides is 1. The minimum absolute atomic E-state index is 0.129. The van der Waals surface area contributed by atoms with E-state index in [1.54, 1.807) is 23.5 Å². The molecule has 3 aromatic rings. The standard InChI is InChI=1S/C19H12Br2N2O2S/c1-9-22-17(8-26-9)11-2-3-16-12(7-11)13(19(25)23-16)4-10-5-14(20)18(24)15(21)6-10/h2-8,24H,1H3,(H,23,25). The first-order valence-electron chi connectivity index (χ1n) is 7.70. The van der Waals surface area contributed by atoms with E-state index in [4.69, 9.17) is 0 Å². The van der Waals surface area contributed by atoms with Gasteiger partial charge in [-0.05, 0) is 74.7 Å². The highest BCUT2D eigenvalue weighted by atomic mass is 79.9. The number of carbonyl (C=O) groups is 1. The zero-order valence-corrected chi connectivity index (χ0v) is 17.5. The fourth-order valence-corrected chi connectivity index (χ4v) is 4.67. The molecule has 0 fully saturated rings. The number of carbonyl (C=O) groups excluding carboxylic acids is 1. The number of hydrogen-bond donors (Lipinski definition) is 2. The second kappa shape index (κ2) is 6.64. The third-order valence-electron chi connectivity index (χ3n) is 4.07. The summed E-state index contributed by atoms with van der Waals surface area (Å²) >= 11 is 8.24. The molecule has 26 heavy (non-hydrogen) atoms. The van der Waals surface area contributed by atoms with E-state index in [1.807, 2.05) is 36.6 Å². The smallest absolute Gasteiger partial charge is 0.256 e. The van der Waals surface area contributed by atoms with Gasteiger partial charge in [0, 0.05) is 27.8 Å². The second-order valence-corrected chi connectivity index (χ2v) is 8.63. The Balaban J connectivity index is 1.81. The molecule has 0 aliphatic carbocycles. The van der Waals surface area contributed by atoms with Crippen molar-refractivity contribution in [3.8, 4) is 17.0 Å². The summed E-state index contributed by atoms with van der Waals surface area (Å²) in [5.41, 5.74) is 4.90. The number of aromatic nitrogens is 1. The zero-order valence-electron chi connectivity index (χ0n) is 13.5. The number of nitrogens with zero attached hydrogens (tertiary/aromatic N) is 1. The number of phenolic OH excluding ortho intramolecular Hbond substituents is 1. The number of phenols is 1. The van der Waals surface area contributed by atoms with Crippen molar-refractivity contribution in [3.63, 3.8) is 0 Å². The van der Waals surface area contributed by atoms with Crippen molar-refractivity contribution in [1.29, 1.82) is 0 Å². The van der Waals surface area contributed by atoms with Gasteiger partial charge >= 0.3 is 0 Å². The van der Waals surface area contributed by atoms with Gasteiger partial charge < -0.3 is 10.4 Å². The van der Waals surface area contributed by atoms with Crippen LogP contribution in [-0.2, 0) is 4.79 Å². The quantitative estimate of drug-likeness (QED) is 0.442. The SMILES string of the molecule is Cc1nc(-c2ccc3c(c2)C(=Cc2cc(Br)c(O)c(Br)c2)C(=O)N3)cs1. The van der Waals surface area contributed by atoms with Crippen LogP contribution < -0.4 is 5.32 Å². The van der Waals surface area contributed by atoms with Gasteiger partial charge in [0.05, 0.1) is 19.6 Å². The molecular formula is C19H12Br2N2O2S. The van der Waals surface area contributed by atoms with Crippen LogP contribution in [0.4, 0.5) is 5.69 Å². The fraction of sp³-hybridized carbons (Fsp3) is 0.0526. The molecule has 2 heterocycles. The number of hydrogen-bond acceptors (Lipinski definition) is 4. The number of fused-ring (bicyclic) bond motifs is 1. The van der Waals surface area contributed by atoms with Crippen molar-refractivity contribution >= 4 is 66.4 Å². The van der Waals surface area contributed by atoms with E-state index < -0.39 is 0 Å². The van der Waals surface area contributed by atoms with Crippen LogP contribution >= 0.6 is 43.2 Å². The molecule has 1 amide bonds. The lowest BCUT2D eigenvalue weighted by Crippen LogP contribution is -2.03. The summed E-state index contributed by atoms with van der Waals surface area (Å²) < 4.78 is 1.12. The van der Waals surface area contributed by atoms with Crippen molar-refractivity contribution in [2.75, 3.05) is 5.32 Å². The predicted octanol–water partition coefficient (Wildman–Crippen LogP) is 5.84. The second-order valence-electron chi connectivity index (χ2n) is 5.86. The van der Waals surface area contributed by atoms with Gasteiger partial charge in [0.25, 0.3) is 5.91 Å². The van der Waals surface area contributed by atoms with E-state index in [-0.39, 0.29) is 11.7 Å². The van der Waals surface area contributed by atoms with Gasteiger partial charge in [0.1, 0.15) is 5.75 Å². The lowest BCUT2D eigenvalue weighted by molar-refractivity contribution is -0.110. The number of nitrogens with one attached hydrogen (secondary N) is 1. The number of anilines is 1. The molecule has 0 saturated carbocycles. The normalized spacial score (nSPS) is 14.6. The Morgan fingerprint density at radius 2 is 1.92 bits per heavy atom. The number of aryl methyl sites for hydroxylation is 1. The predicted molar refractivity (Wildman–Crippen MR) is 112 cm³/mol. The highest BCUT2D eigenvalue weighted by Crippen LogP contribution is 2.38. The molecule has 0 unspecified atom stereocenters. The molecule has 1 aliphatic heterocycles. The van der Waals surface area contributed by atoms with Crippen LogP contribution in [0.3, 0.4) is 0 Å². The Labute approximate surface area is 170 Å². The highest BCUT2D eigenvalue weighted by molar-refractivity contribution is 9.11. The third kappa shape index (κ3) is 3.11. The number of rotatable bonds is 2. The Morgan fingerprint density at radius 1 is 1.19 bits per heavy atom. The summed E-state index contributed by atoms with van der Waals surface area (Å²) in [6.07, 6.45) is 1.81. The molecule has 0 bridgehead atoms. The molecule has 4 nitrogen and oxygen atoms in total. The first-order chi connectivity index (χ1) is 12.4. The molecular weight excluding hydrogens is 480 g/mol. The Morgan fingerprint density at radius 3 is 2.58 bits per heavy atom. The minimum atomic E-state index is -0.146. The fourth-order valence-electron chi connectivity index (χ4n) is 2.82. The molecule has 1 aliphatic rings.